The number of nitrogens with zero attached hydrogens (tertiary/aromatic N) is 2. The van der Waals surface area contributed by atoms with Crippen molar-refractivity contribution in [1.29, 1.82) is 0 Å². The standard InChI is InChI=1S/C17H24F3N5O/c1-21-16(24-14-7-8-25(11-14)12-17(18,19)20)23-10-15(26)22-9-13-5-3-2-4-6-13/h2-6,14H,7-12H2,1H3,(H,22,26)(H2,21,23,24). The third-order valence-corrected chi connectivity index (χ3v) is 3.99. The van der Waals surface area contributed by atoms with E-state index in [4.69, 9.17) is 0 Å². The molecule has 26 heavy (non-hydrogen) atoms. The van der Waals surface area contributed by atoms with Gasteiger partial charge in [-0.25, -0.2) is 0 Å². The zero-order chi connectivity index (χ0) is 19.0. The highest BCUT2D eigenvalue weighted by Crippen LogP contribution is 2.19. The predicted octanol–water partition coefficient (Wildman–Crippen LogP) is 1.10. The Morgan fingerprint density at radius 2 is 2.00 bits per heavy atom. The van der Waals surface area contributed by atoms with Gasteiger partial charge < -0.3 is 16.0 Å². The van der Waals surface area contributed by atoms with Crippen molar-refractivity contribution >= 4 is 11.9 Å². The third kappa shape index (κ3) is 7.30. The van der Waals surface area contributed by atoms with Crippen LogP contribution in [-0.4, -0.2) is 62.2 Å². The van der Waals surface area contributed by atoms with Gasteiger partial charge >= 0.3 is 6.18 Å². The second-order valence-electron chi connectivity index (χ2n) is 6.17. The first-order chi connectivity index (χ1) is 12.4. The van der Waals surface area contributed by atoms with Gasteiger partial charge in [0.25, 0.3) is 0 Å². The molecule has 0 aliphatic carbocycles. The second kappa shape index (κ2) is 9.42. The van der Waals surface area contributed by atoms with Crippen molar-refractivity contribution in [2.75, 3.05) is 33.2 Å². The number of rotatable bonds is 6. The van der Waals surface area contributed by atoms with Crippen LogP contribution in [0.3, 0.4) is 0 Å². The smallest absolute Gasteiger partial charge is 0.352 e. The van der Waals surface area contributed by atoms with Crippen LogP contribution in [0.4, 0.5) is 13.2 Å². The lowest BCUT2D eigenvalue weighted by atomic mass is 10.2. The minimum absolute atomic E-state index is 0.0332. The van der Waals surface area contributed by atoms with Crippen molar-refractivity contribution in [3.05, 3.63) is 35.9 Å². The Labute approximate surface area is 150 Å². The molecule has 1 atom stereocenters. The third-order valence-electron chi connectivity index (χ3n) is 3.99. The van der Waals surface area contributed by atoms with Gasteiger partial charge in [0, 0.05) is 32.7 Å². The quantitative estimate of drug-likeness (QED) is 0.518. The largest absolute Gasteiger partial charge is 0.401 e. The van der Waals surface area contributed by atoms with Crippen LogP contribution in [0.5, 0.6) is 0 Å². The molecule has 0 saturated carbocycles. The highest BCUT2D eigenvalue weighted by Gasteiger charge is 2.34. The summed E-state index contributed by atoms with van der Waals surface area (Å²) in [6, 6.07) is 9.41. The first kappa shape index (κ1) is 20.0. The second-order valence-corrected chi connectivity index (χ2v) is 6.17. The zero-order valence-corrected chi connectivity index (χ0v) is 14.6. The van der Waals surface area contributed by atoms with E-state index in [1.54, 1.807) is 7.05 Å². The van der Waals surface area contributed by atoms with E-state index in [0.29, 0.717) is 32.0 Å². The molecule has 6 nitrogen and oxygen atoms in total. The van der Waals surface area contributed by atoms with Crippen molar-refractivity contribution in [3.8, 4) is 0 Å². The molecule has 1 fully saturated rings. The summed E-state index contributed by atoms with van der Waals surface area (Å²) >= 11 is 0. The Balaban J connectivity index is 1.68. The first-order valence-electron chi connectivity index (χ1n) is 8.42. The van der Waals surface area contributed by atoms with Gasteiger partial charge in [0.15, 0.2) is 5.96 Å². The molecule has 9 heteroatoms. The van der Waals surface area contributed by atoms with Crippen molar-refractivity contribution < 1.29 is 18.0 Å². The number of likely N-dealkylation sites (tertiary alicyclic amines) is 1. The van der Waals surface area contributed by atoms with Crippen molar-refractivity contribution in [1.82, 2.24) is 20.9 Å². The van der Waals surface area contributed by atoms with Crippen LogP contribution >= 0.6 is 0 Å². The Hall–Kier alpha value is -2.29. The van der Waals surface area contributed by atoms with Gasteiger partial charge in [0.2, 0.25) is 5.91 Å². The minimum atomic E-state index is -4.19. The summed E-state index contributed by atoms with van der Waals surface area (Å²) in [5.74, 6) is 0.209. The number of guanidine groups is 1. The van der Waals surface area contributed by atoms with Crippen LogP contribution < -0.4 is 16.0 Å². The lowest BCUT2D eigenvalue weighted by Crippen LogP contribution is -2.47. The molecule has 2 rings (SSSR count). The molecule has 0 radical (unpaired) electrons. The van der Waals surface area contributed by atoms with E-state index in [-0.39, 0.29) is 18.5 Å². The summed E-state index contributed by atoms with van der Waals surface area (Å²) in [7, 11) is 1.56. The van der Waals surface area contributed by atoms with Crippen LogP contribution in [0.1, 0.15) is 12.0 Å². The average molecular weight is 371 g/mol. The summed E-state index contributed by atoms with van der Waals surface area (Å²) in [6.07, 6.45) is -3.59. The Bertz CT molecular complexity index is 606. The Morgan fingerprint density at radius 1 is 1.27 bits per heavy atom. The number of benzene rings is 1. The number of halogens is 3. The summed E-state index contributed by atoms with van der Waals surface area (Å²) in [4.78, 5) is 17.3. The summed E-state index contributed by atoms with van der Waals surface area (Å²) in [5.41, 5.74) is 0.999. The maximum absolute atomic E-state index is 12.4. The summed E-state index contributed by atoms with van der Waals surface area (Å²) < 4.78 is 37.3. The van der Waals surface area contributed by atoms with Gasteiger partial charge in [-0.2, -0.15) is 13.2 Å². The van der Waals surface area contributed by atoms with Gasteiger partial charge in [0.1, 0.15) is 0 Å². The van der Waals surface area contributed by atoms with Crippen LogP contribution in [-0.2, 0) is 11.3 Å². The Kier molecular flexibility index (Phi) is 7.26. The van der Waals surface area contributed by atoms with Crippen molar-refractivity contribution in [2.45, 2.75) is 25.2 Å². The van der Waals surface area contributed by atoms with Crippen molar-refractivity contribution in [2.24, 2.45) is 4.99 Å². The maximum atomic E-state index is 12.4. The van der Waals surface area contributed by atoms with E-state index in [2.05, 4.69) is 20.9 Å². The molecular formula is C17H24F3N5O. The lowest BCUT2D eigenvalue weighted by Gasteiger charge is -2.19. The number of alkyl halides is 3. The summed E-state index contributed by atoms with van der Waals surface area (Å²) in [5, 5.41) is 8.73. The van der Waals surface area contributed by atoms with Crippen LogP contribution in [0.2, 0.25) is 0 Å². The van der Waals surface area contributed by atoms with E-state index < -0.39 is 12.7 Å². The van der Waals surface area contributed by atoms with E-state index in [1.807, 2.05) is 30.3 Å². The molecule has 1 heterocycles. The fourth-order valence-corrected chi connectivity index (χ4v) is 2.76. The summed E-state index contributed by atoms with van der Waals surface area (Å²) in [6.45, 7) is 0.235. The minimum Gasteiger partial charge on any atom is -0.352 e. The van der Waals surface area contributed by atoms with Gasteiger partial charge in [0.05, 0.1) is 13.1 Å². The lowest BCUT2D eigenvalue weighted by molar-refractivity contribution is -0.143. The van der Waals surface area contributed by atoms with Crippen molar-refractivity contribution in [3.63, 3.8) is 0 Å². The number of amides is 1. The molecular weight excluding hydrogens is 347 g/mol. The molecule has 1 aromatic carbocycles. The van der Waals surface area contributed by atoms with Crippen LogP contribution in [0.25, 0.3) is 0 Å². The number of nitrogens with one attached hydrogen (secondary N) is 3. The average Bonchev–Trinajstić information content (AvgIpc) is 3.02. The number of hydrogen-bond acceptors (Lipinski definition) is 3. The molecule has 1 aliphatic rings. The normalized spacial score (nSPS) is 18.6. The van der Waals surface area contributed by atoms with Gasteiger partial charge in [-0.15, -0.1) is 0 Å². The van der Waals surface area contributed by atoms with Gasteiger partial charge in [-0.3, -0.25) is 14.7 Å². The van der Waals surface area contributed by atoms with E-state index in [1.165, 1.54) is 4.90 Å². The van der Waals surface area contributed by atoms with E-state index in [9.17, 15) is 18.0 Å². The molecule has 0 bridgehead atoms. The molecule has 1 saturated heterocycles. The number of carbonyl (C=O) groups excluding carboxylic acids is 1. The number of carbonyl (C=O) groups is 1. The Morgan fingerprint density at radius 3 is 2.65 bits per heavy atom. The monoisotopic (exact) mass is 371 g/mol. The van der Waals surface area contributed by atoms with Gasteiger partial charge in [-0.05, 0) is 12.0 Å². The van der Waals surface area contributed by atoms with Crippen LogP contribution in [0, 0.1) is 0 Å². The molecule has 144 valence electrons. The number of hydrogen-bond donors (Lipinski definition) is 3. The maximum Gasteiger partial charge on any atom is 0.401 e. The number of aliphatic imine (C=N–C) groups is 1. The zero-order valence-electron chi connectivity index (χ0n) is 14.6. The SMILES string of the molecule is CN=C(NCC(=O)NCc1ccccc1)NC1CCN(CC(F)(F)F)C1. The molecule has 0 spiro atoms. The molecule has 1 aromatic rings. The molecule has 3 N–H and O–H groups in total. The molecule has 1 aliphatic heterocycles. The first-order valence-corrected chi connectivity index (χ1v) is 8.42. The fourth-order valence-electron chi connectivity index (χ4n) is 2.76. The fraction of sp³-hybridized carbons (Fsp3) is 0.529. The predicted molar refractivity (Wildman–Crippen MR) is 93.7 cm³/mol. The molecule has 0 aromatic heterocycles. The van der Waals surface area contributed by atoms with E-state index >= 15 is 0 Å². The van der Waals surface area contributed by atoms with Crippen LogP contribution in [0.15, 0.2) is 35.3 Å². The van der Waals surface area contributed by atoms with E-state index in [0.717, 1.165) is 5.56 Å². The highest BCUT2D eigenvalue weighted by atomic mass is 19.4. The highest BCUT2D eigenvalue weighted by molar-refractivity contribution is 5.86. The molecule has 1 unspecified atom stereocenters. The topological polar surface area (TPSA) is 68.8 Å². The molecule has 1 amide bonds. The van der Waals surface area contributed by atoms with Gasteiger partial charge in [-0.1, -0.05) is 30.3 Å².